The lowest BCUT2D eigenvalue weighted by Crippen LogP contribution is -2.15. The second-order valence-corrected chi connectivity index (χ2v) is 6.96. The van der Waals surface area contributed by atoms with Crippen molar-refractivity contribution < 1.29 is 8.42 Å². The van der Waals surface area contributed by atoms with E-state index in [1.165, 1.54) is 18.2 Å². The van der Waals surface area contributed by atoms with Crippen LogP contribution in [0.5, 0.6) is 0 Å². The number of sulfonamides is 1. The normalized spacial score (nSPS) is 10.9. The zero-order chi connectivity index (χ0) is 15.6. The SMILES string of the molecule is Cc1ccc(NS(=O)(=O)c2ccc(C#N)cc2N)c(Br)c1. The van der Waals surface area contributed by atoms with Crippen molar-refractivity contribution in [3.63, 3.8) is 0 Å². The molecular formula is C14H12BrN3O2S. The largest absolute Gasteiger partial charge is 0.398 e. The number of nitriles is 1. The number of anilines is 2. The van der Waals surface area contributed by atoms with Gasteiger partial charge in [0.05, 0.1) is 23.0 Å². The van der Waals surface area contributed by atoms with Gasteiger partial charge < -0.3 is 5.73 Å². The van der Waals surface area contributed by atoms with Gasteiger partial charge in [0.25, 0.3) is 10.0 Å². The Morgan fingerprint density at radius 1 is 1.24 bits per heavy atom. The molecule has 2 rings (SSSR count). The number of nitrogens with one attached hydrogen (secondary N) is 1. The van der Waals surface area contributed by atoms with E-state index in [0.29, 0.717) is 15.7 Å². The molecule has 5 nitrogen and oxygen atoms in total. The van der Waals surface area contributed by atoms with Gasteiger partial charge in [-0.1, -0.05) is 6.07 Å². The zero-order valence-electron chi connectivity index (χ0n) is 11.1. The van der Waals surface area contributed by atoms with E-state index < -0.39 is 10.0 Å². The highest BCUT2D eigenvalue weighted by molar-refractivity contribution is 9.10. The number of hydrogen-bond donors (Lipinski definition) is 2. The van der Waals surface area contributed by atoms with Gasteiger partial charge >= 0.3 is 0 Å². The Hall–Kier alpha value is -2.04. The second kappa shape index (κ2) is 5.76. The molecule has 108 valence electrons. The predicted octanol–water partition coefficient (Wildman–Crippen LogP) is 3.01. The predicted molar refractivity (Wildman–Crippen MR) is 85.3 cm³/mol. The van der Waals surface area contributed by atoms with Gasteiger partial charge in [-0.3, -0.25) is 4.72 Å². The molecule has 3 N–H and O–H groups in total. The highest BCUT2D eigenvalue weighted by Crippen LogP contribution is 2.28. The molecule has 0 saturated carbocycles. The van der Waals surface area contributed by atoms with Crippen molar-refractivity contribution in [2.24, 2.45) is 0 Å². The third-order valence-electron chi connectivity index (χ3n) is 2.80. The van der Waals surface area contributed by atoms with Gasteiger partial charge in [0.15, 0.2) is 0 Å². The van der Waals surface area contributed by atoms with Gasteiger partial charge in [-0.25, -0.2) is 8.42 Å². The van der Waals surface area contributed by atoms with Crippen LogP contribution in [0.1, 0.15) is 11.1 Å². The zero-order valence-corrected chi connectivity index (χ0v) is 13.5. The summed E-state index contributed by atoms with van der Waals surface area (Å²) in [6.07, 6.45) is 0. The highest BCUT2D eigenvalue weighted by atomic mass is 79.9. The average molecular weight is 366 g/mol. The Morgan fingerprint density at radius 3 is 2.52 bits per heavy atom. The number of hydrogen-bond acceptors (Lipinski definition) is 4. The molecule has 2 aromatic carbocycles. The molecule has 0 aromatic heterocycles. The Labute approximate surface area is 131 Å². The summed E-state index contributed by atoms with van der Waals surface area (Å²) in [5.41, 5.74) is 7.48. The van der Waals surface area contributed by atoms with Crippen molar-refractivity contribution in [3.05, 3.63) is 52.0 Å². The fraction of sp³-hybridized carbons (Fsp3) is 0.0714. The number of rotatable bonds is 3. The third kappa shape index (κ3) is 3.35. The van der Waals surface area contributed by atoms with Crippen molar-refractivity contribution >= 4 is 37.3 Å². The van der Waals surface area contributed by atoms with Crippen LogP contribution in [-0.2, 0) is 10.0 Å². The topological polar surface area (TPSA) is 96.0 Å². The second-order valence-electron chi connectivity index (χ2n) is 4.45. The molecule has 7 heteroatoms. The quantitative estimate of drug-likeness (QED) is 0.817. The van der Waals surface area contributed by atoms with Gasteiger partial charge in [0.2, 0.25) is 0 Å². The van der Waals surface area contributed by atoms with E-state index in [0.717, 1.165) is 5.56 Å². The molecule has 0 amide bonds. The lowest BCUT2D eigenvalue weighted by Gasteiger charge is -2.12. The van der Waals surface area contributed by atoms with Crippen LogP contribution >= 0.6 is 15.9 Å². The molecule has 0 fully saturated rings. The molecule has 0 saturated heterocycles. The minimum absolute atomic E-state index is 0.0322. The van der Waals surface area contributed by atoms with Crippen LogP contribution in [0.2, 0.25) is 0 Å². The summed E-state index contributed by atoms with van der Waals surface area (Å²) in [7, 11) is -3.82. The Bertz CT molecular complexity index is 842. The highest BCUT2D eigenvalue weighted by Gasteiger charge is 2.19. The lowest BCUT2D eigenvalue weighted by molar-refractivity contribution is 0.601. The van der Waals surface area contributed by atoms with Gasteiger partial charge in [-0.15, -0.1) is 0 Å². The minimum atomic E-state index is -3.82. The standard InChI is InChI=1S/C14H12BrN3O2S/c1-9-2-4-13(11(15)6-9)18-21(19,20)14-5-3-10(8-16)7-12(14)17/h2-7,18H,17H2,1H3. The minimum Gasteiger partial charge on any atom is -0.398 e. The van der Waals surface area contributed by atoms with Crippen molar-refractivity contribution in [3.8, 4) is 6.07 Å². The summed E-state index contributed by atoms with van der Waals surface area (Å²) < 4.78 is 27.8. The van der Waals surface area contributed by atoms with E-state index in [-0.39, 0.29) is 10.6 Å². The number of halogens is 1. The van der Waals surface area contributed by atoms with Gasteiger partial charge in [0.1, 0.15) is 4.90 Å². The van der Waals surface area contributed by atoms with Crippen molar-refractivity contribution in [1.82, 2.24) is 0 Å². The van der Waals surface area contributed by atoms with E-state index in [1.54, 1.807) is 18.2 Å². The molecule has 2 aromatic rings. The van der Waals surface area contributed by atoms with Crippen LogP contribution in [0.4, 0.5) is 11.4 Å². The fourth-order valence-electron chi connectivity index (χ4n) is 1.77. The number of aryl methyl sites for hydroxylation is 1. The smallest absolute Gasteiger partial charge is 0.263 e. The van der Waals surface area contributed by atoms with Crippen LogP contribution in [0.3, 0.4) is 0 Å². The molecule has 0 aliphatic carbocycles. The Kier molecular flexibility index (Phi) is 4.21. The Morgan fingerprint density at radius 2 is 1.95 bits per heavy atom. The lowest BCUT2D eigenvalue weighted by atomic mass is 10.2. The summed E-state index contributed by atoms with van der Waals surface area (Å²) in [4.78, 5) is -0.0611. The fourth-order valence-corrected chi connectivity index (χ4v) is 3.68. The van der Waals surface area contributed by atoms with Crippen LogP contribution in [0.25, 0.3) is 0 Å². The maximum Gasteiger partial charge on any atom is 0.263 e. The first-order valence-corrected chi connectivity index (χ1v) is 8.20. The Balaban J connectivity index is 2.41. The first-order chi connectivity index (χ1) is 9.83. The molecule has 0 aliphatic heterocycles. The molecule has 0 atom stereocenters. The maximum atomic E-state index is 12.4. The van der Waals surface area contributed by atoms with Gasteiger partial charge in [-0.05, 0) is 58.7 Å². The van der Waals surface area contributed by atoms with Crippen LogP contribution in [0.15, 0.2) is 45.8 Å². The van der Waals surface area contributed by atoms with E-state index in [1.807, 2.05) is 13.0 Å². The summed E-state index contributed by atoms with van der Waals surface area (Å²) in [5, 5.41) is 8.78. The molecule has 0 heterocycles. The monoisotopic (exact) mass is 365 g/mol. The van der Waals surface area contributed by atoms with Crippen molar-refractivity contribution in [2.75, 3.05) is 10.5 Å². The first-order valence-electron chi connectivity index (χ1n) is 5.92. The number of nitrogens with two attached hydrogens (primary N) is 1. The molecule has 0 spiro atoms. The molecule has 0 aliphatic rings. The number of benzene rings is 2. The van der Waals surface area contributed by atoms with Gasteiger partial charge in [0, 0.05) is 4.47 Å². The summed E-state index contributed by atoms with van der Waals surface area (Å²) in [6, 6.07) is 11.2. The van der Waals surface area contributed by atoms with E-state index in [2.05, 4.69) is 20.7 Å². The van der Waals surface area contributed by atoms with E-state index in [4.69, 9.17) is 11.0 Å². The number of nitrogen functional groups attached to an aromatic ring is 1. The summed E-state index contributed by atoms with van der Waals surface area (Å²) >= 11 is 3.31. The number of nitrogens with zero attached hydrogens (tertiary/aromatic N) is 1. The summed E-state index contributed by atoms with van der Waals surface area (Å²) in [5.74, 6) is 0. The van der Waals surface area contributed by atoms with Crippen LogP contribution in [0, 0.1) is 18.3 Å². The van der Waals surface area contributed by atoms with Crippen molar-refractivity contribution in [2.45, 2.75) is 11.8 Å². The third-order valence-corrected chi connectivity index (χ3v) is 4.89. The molecular weight excluding hydrogens is 354 g/mol. The first kappa shape index (κ1) is 15.4. The van der Waals surface area contributed by atoms with Crippen LogP contribution < -0.4 is 10.5 Å². The maximum absolute atomic E-state index is 12.4. The molecule has 21 heavy (non-hydrogen) atoms. The molecule has 0 unspecified atom stereocenters. The van der Waals surface area contributed by atoms with E-state index in [9.17, 15) is 8.42 Å². The van der Waals surface area contributed by atoms with E-state index >= 15 is 0 Å². The molecule has 0 bridgehead atoms. The van der Waals surface area contributed by atoms with Crippen molar-refractivity contribution in [1.29, 1.82) is 5.26 Å². The average Bonchev–Trinajstić information content (AvgIpc) is 2.41. The molecule has 0 radical (unpaired) electrons. The summed E-state index contributed by atoms with van der Waals surface area (Å²) in [6.45, 7) is 1.90. The van der Waals surface area contributed by atoms with Crippen LogP contribution in [-0.4, -0.2) is 8.42 Å². The van der Waals surface area contributed by atoms with Gasteiger partial charge in [-0.2, -0.15) is 5.26 Å².